The van der Waals surface area contributed by atoms with Gasteiger partial charge >= 0.3 is 0 Å². The molecule has 0 aliphatic rings. The predicted molar refractivity (Wildman–Crippen MR) is 194 cm³/mol. The van der Waals surface area contributed by atoms with E-state index >= 15 is 0 Å². The summed E-state index contributed by atoms with van der Waals surface area (Å²) in [5, 5.41) is 18.0. The summed E-state index contributed by atoms with van der Waals surface area (Å²) in [4.78, 5) is 0. The van der Waals surface area contributed by atoms with E-state index in [1.165, 1.54) is 32.6 Å². The van der Waals surface area contributed by atoms with E-state index in [4.69, 9.17) is 0 Å². The normalized spacial score (nSPS) is 11.8. The van der Waals surface area contributed by atoms with Gasteiger partial charge in [0, 0.05) is 38.0 Å². The van der Waals surface area contributed by atoms with Crippen molar-refractivity contribution in [3.8, 4) is 23.1 Å². The van der Waals surface area contributed by atoms with Crippen LogP contribution in [-0.2, 0) is 0 Å². The topological polar surface area (TPSA) is 38.6 Å². The number of fused-ring (bicyclic) bond motifs is 9. The molecule has 0 bridgehead atoms. The Labute approximate surface area is 270 Å². The van der Waals surface area contributed by atoms with Gasteiger partial charge in [0.1, 0.15) is 11.6 Å². The van der Waals surface area contributed by atoms with Crippen LogP contribution in [0.3, 0.4) is 0 Å². The first-order valence-electron chi connectivity index (χ1n) is 15.9. The quantitative estimate of drug-likeness (QED) is 0.199. The summed E-state index contributed by atoms with van der Waals surface area (Å²) >= 11 is 0. The Bertz CT molecular complexity index is 2820. The Morgan fingerprint density at radius 1 is 0.340 bits per heavy atom. The Balaban J connectivity index is 1.26. The molecule has 0 aliphatic carbocycles. The average Bonchev–Trinajstić information content (AvgIpc) is 3.77. The minimum atomic E-state index is 0.633. The second kappa shape index (κ2) is 9.71. The highest BCUT2D eigenvalue weighted by Crippen LogP contribution is 2.39. The molecule has 0 saturated heterocycles. The molecule has 47 heavy (non-hydrogen) atoms. The molecular formula is C43H26N4. The lowest BCUT2D eigenvalue weighted by Gasteiger charge is -2.16. The molecule has 0 radical (unpaired) electrons. The summed E-state index contributed by atoms with van der Waals surface area (Å²) in [5.74, 6) is 0. The van der Waals surface area contributed by atoms with Crippen LogP contribution in [0.5, 0.6) is 0 Å². The highest BCUT2D eigenvalue weighted by Gasteiger charge is 2.21. The third kappa shape index (κ3) is 3.51. The molecule has 4 nitrogen and oxygen atoms in total. The average molecular weight is 599 g/mol. The molecular weight excluding hydrogens is 573 g/mol. The third-order valence-corrected chi connectivity index (χ3v) is 9.69. The van der Waals surface area contributed by atoms with E-state index in [1.807, 2.05) is 0 Å². The highest BCUT2D eigenvalue weighted by molar-refractivity contribution is 6.13. The predicted octanol–water partition coefficient (Wildman–Crippen LogP) is 10.8. The molecule has 7 aromatic carbocycles. The van der Waals surface area contributed by atoms with Crippen LogP contribution in [0.2, 0.25) is 0 Å². The summed E-state index contributed by atoms with van der Waals surface area (Å²) in [7, 11) is 0. The first kappa shape index (κ1) is 25.7. The maximum absolute atomic E-state index is 10.9. The van der Waals surface area contributed by atoms with E-state index in [9.17, 15) is 5.26 Å². The molecule has 0 saturated carbocycles. The number of hydrogen-bond acceptors (Lipinski definition) is 1. The van der Waals surface area contributed by atoms with Crippen molar-refractivity contribution < 1.29 is 0 Å². The van der Waals surface area contributed by atoms with Gasteiger partial charge in [0.25, 0.3) is 0 Å². The summed E-state index contributed by atoms with van der Waals surface area (Å²) in [6.45, 7) is 0. The molecule has 3 heterocycles. The second-order valence-corrected chi connectivity index (χ2v) is 12.1. The van der Waals surface area contributed by atoms with Crippen LogP contribution < -0.4 is 0 Å². The number of nitrogens with zero attached hydrogens (tertiary/aromatic N) is 4. The molecule has 0 unspecified atom stereocenters. The molecule has 0 spiro atoms. The van der Waals surface area contributed by atoms with Gasteiger partial charge in [0.05, 0.1) is 44.5 Å². The number of para-hydroxylation sites is 5. The van der Waals surface area contributed by atoms with E-state index in [2.05, 4.69) is 177 Å². The minimum Gasteiger partial charge on any atom is -0.309 e. The monoisotopic (exact) mass is 598 g/mol. The van der Waals surface area contributed by atoms with Crippen LogP contribution in [0.1, 0.15) is 5.56 Å². The Morgan fingerprint density at radius 3 is 1.13 bits per heavy atom. The molecule has 0 aliphatic heterocycles. The molecule has 10 aromatic rings. The van der Waals surface area contributed by atoms with Gasteiger partial charge in [-0.1, -0.05) is 97.1 Å². The van der Waals surface area contributed by atoms with E-state index in [-0.39, 0.29) is 0 Å². The van der Waals surface area contributed by atoms with Gasteiger partial charge in [-0.3, -0.25) is 0 Å². The number of rotatable bonds is 3. The minimum absolute atomic E-state index is 0.633. The van der Waals surface area contributed by atoms with Gasteiger partial charge in [-0.25, -0.2) is 0 Å². The molecule has 0 amide bonds. The number of hydrogen-bond donors (Lipinski definition) is 0. The zero-order valence-electron chi connectivity index (χ0n) is 25.3. The zero-order valence-corrected chi connectivity index (χ0v) is 25.3. The van der Waals surface area contributed by atoms with E-state index in [1.54, 1.807) is 0 Å². The second-order valence-electron chi connectivity index (χ2n) is 12.1. The van der Waals surface area contributed by atoms with Crippen molar-refractivity contribution in [2.75, 3.05) is 0 Å². The summed E-state index contributed by atoms with van der Waals surface area (Å²) in [6.07, 6.45) is 0. The molecule has 3 aromatic heterocycles. The van der Waals surface area contributed by atoms with E-state index in [0.29, 0.717) is 5.56 Å². The van der Waals surface area contributed by atoms with Crippen molar-refractivity contribution in [1.29, 1.82) is 5.26 Å². The maximum Gasteiger partial charge on any atom is 0.104 e. The van der Waals surface area contributed by atoms with Crippen molar-refractivity contribution in [2.45, 2.75) is 0 Å². The number of benzene rings is 7. The lowest BCUT2D eigenvalue weighted by Crippen LogP contribution is -2.04. The molecule has 0 fully saturated rings. The fourth-order valence-electron chi connectivity index (χ4n) is 7.76. The number of nitriles is 1. The van der Waals surface area contributed by atoms with Crippen molar-refractivity contribution in [3.63, 3.8) is 0 Å². The van der Waals surface area contributed by atoms with Gasteiger partial charge in [0.15, 0.2) is 0 Å². The van der Waals surface area contributed by atoms with Crippen LogP contribution in [0.25, 0.3) is 82.5 Å². The SMILES string of the molecule is N#Cc1c(-n2c3ccccc3c3ccccc32)cccc1-n1c2ccccc2c2cc(-n3c4ccccc4c4ccccc43)ccc21. The Hall–Kier alpha value is -6.57. The van der Waals surface area contributed by atoms with Crippen LogP contribution in [0, 0.1) is 11.3 Å². The van der Waals surface area contributed by atoms with Crippen LogP contribution in [-0.4, -0.2) is 13.7 Å². The fraction of sp³-hybridized carbons (Fsp3) is 0. The molecule has 10 rings (SSSR count). The van der Waals surface area contributed by atoms with Crippen LogP contribution >= 0.6 is 0 Å². The first-order valence-corrected chi connectivity index (χ1v) is 15.9. The largest absolute Gasteiger partial charge is 0.309 e. The van der Waals surface area contributed by atoms with Gasteiger partial charge < -0.3 is 13.7 Å². The van der Waals surface area contributed by atoms with Gasteiger partial charge in [-0.2, -0.15) is 5.26 Å². The summed E-state index contributed by atoms with van der Waals surface area (Å²) in [5.41, 5.74) is 10.1. The van der Waals surface area contributed by atoms with E-state index < -0.39 is 0 Å². The Kier molecular flexibility index (Phi) is 5.32. The summed E-state index contributed by atoms with van der Waals surface area (Å²) < 4.78 is 6.86. The lowest BCUT2D eigenvalue weighted by molar-refractivity contribution is 1.12. The highest BCUT2D eigenvalue weighted by atomic mass is 15.0. The first-order chi connectivity index (χ1) is 23.3. The molecule has 218 valence electrons. The summed E-state index contributed by atoms with van der Waals surface area (Å²) in [6, 6.07) is 58.2. The van der Waals surface area contributed by atoms with Gasteiger partial charge in [-0.05, 0) is 60.7 Å². The number of aromatic nitrogens is 3. The molecule has 0 atom stereocenters. The molecule has 4 heteroatoms. The zero-order chi connectivity index (χ0) is 31.1. The van der Waals surface area contributed by atoms with Crippen LogP contribution in [0.15, 0.2) is 158 Å². The lowest BCUT2D eigenvalue weighted by atomic mass is 10.1. The van der Waals surface area contributed by atoms with Gasteiger partial charge in [0.2, 0.25) is 0 Å². The van der Waals surface area contributed by atoms with Crippen molar-refractivity contribution in [3.05, 3.63) is 163 Å². The van der Waals surface area contributed by atoms with Crippen molar-refractivity contribution in [1.82, 2.24) is 13.7 Å². The van der Waals surface area contributed by atoms with Crippen molar-refractivity contribution in [2.24, 2.45) is 0 Å². The standard InChI is InChI=1S/C43H26N4/c44-27-35-41(46-38-19-8-3-14-31(38)32-15-4-9-20-39(32)46)22-11-23-42(35)47-40-21-10-5-16-33(40)34-26-28(24-25-43(34)47)45-36-17-6-1-12-29(36)30-13-2-7-18-37(30)45/h1-26H. The van der Waals surface area contributed by atoms with Gasteiger partial charge in [-0.15, -0.1) is 0 Å². The third-order valence-electron chi connectivity index (χ3n) is 9.69. The smallest absolute Gasteiger partial charge is 0.104 e. The molecule has 0 N–H and O–H groups in total. The van der Waals surface area contributed by atoms with E-state index in [0.717, 1.165) is 49.9 Å². The maximum atomic E-state index is 10.9. The van der Waals surface area contributed by atoms with Crippen LogP contribution in [0.4, 0.5) is 0 Å². The Morgan fingerprint density at radius 2 is 0.702 bits per heavy atom. The fourth-order valence-corrected chi connectivity index (χ4v) is 7.76. The van der Waals surface area contributed by atoms with Crippen molar-refractivity contribution >= 4 is 65.4 Å².